The lowest BCUT2D eigenvalue weighted by Gasteiger charge is -2.37. The summed E-state index contributed by atoms with van der Waals surface area (Å²) in [6.45, 7) is 8.21. The molecule has 1 aromatic rings. The molecule has 0 radical (unpaired) electrons. The molecular weight excluding hydrogens is 302 g/mol. The summed E-state index contributed by atoms with van der Waals surface area (Å²) in [6, 6.07) is 9.72. The van der Waals surface area contributed by atoms with Crippen LogP contribution >= 0.6 is 0 Å². The summed E-state index contributed by atoms with van der Waals surface area (Å²) in [5.41, 5.74) is 1.03. The molecule has 2 unspecified atom stereocenters. The number of aliphatic hydroxyl groups is 1. The third kappa shape index (κ3) is 5.30. The Balaban J connectivity index is 2.01. The van der Waals surface area contributed by atoms with E-state index >= 15 is 0 Å². The maximum atomic E-state index is 12.8. The van der Waals surface area contributed by atoms with Crippen molar-refractivity contribution in [1.29, 1.82) is 0 Å². The smallest absolute Gasteiger partial charge is 0.241 e. The van der Waals surface area contributed by atoms with Gasteiger partial charge in [0.15, 0.2) is 0 Å². The Bertz CT molecular complexity index is 499. The molecule has 24 heavy (non-hydrogen) atoms. The Morgan fingerprint density at radius 2 is 1.79 bits per heavy atom. The maximum Gasteiger partial charge on any atom is 0.241 e. The summed E-state index contributed by atoms with van der Waals surface area (Å²) in [5, 5.41) is 12.9. The first kappa shape index (κ1) is 18.9. The molecule has 1 aliphatic heterocycles. The van der Waals surface area contributed by atoms with Crippen LogP contribution in [-0.2, 0) is 4.79 Å². The highest BCUT2D eigenvalue weighted by Crippen LogP contribution is 2.22. The Hall–Kier alpha value is -1.43. The minimum Gasteiger partial charge on any atom is -0.393 e. The molecule has 1 aromatic carbocycles. The molecule has 2 atom stereocenters. The number of hydrogen-bond donors (Lipinski definition) is 2. The van der Waals surface area contributed by atoms with Gasteiger partial charge in [0, 0.05) is 32.7 Å². The minimum absolute atomic E-state index is 0.0294. The zero-order valence-electron chi connectivity index (χ0n) is 15.1. The van der Waals surface area contributed by atoms with Gasteiger partial charge in [0.05, 0.1) is 6.10 Å². The van der Waals surface area contributed by atoms with Crippen molar-refractivity contribution in [3.8, 4) is 0 Å². The number of nitrogens with zero attached hydrogens (tertiary/aromatic N) is 2. The van der Waals surface area contributed by atoms with Crippen LogP contribution in [0.2, 0.25) is 0 Å². The third-order valence-electron chi connectivity index (χ3n) is 4.78. The lowest BCUT2D eigenvalue weighted by Crippen LogP contribution is -2.50. The van der Waals surface area contributed by atoms with Gasteiger partial charge in [-0.1, -0.05) is 44.2 Å². The number of rotatable bonds is 7. The van der Waals surface area contributed by atoms with Crippen molar-refractivity contribution in [2.45, 2.75) is 32.4 Å². The number of carbonyl (C=O) groups is 1. The molecule has 1 amide bonds. The maximum absolute atomic E-state index is 12.8. The first-order valence-electron chi connectivity index (χ1n) is 8.92. The highest BCUT2D eigenvalue weighted by molar-refractivity contribution is 5.83. The largest absolute Gasteiger partial charge is 0.393 e. The van der Waals surface area contributed by atoms with Crippen LogP contribution in [0.3, 0.4) is 0 Å². The lowest BCUT2D eigenvalue weighted by molar-refractivity contribution is -0.127. The number of benzene rings is 1. The van der Waals surface area contributed by atoms with Gasteiger partial charge in [-0.25, -0.2) is 0 Å². The molecule has 0 aromatic heterocycles. The SMILES string of the molecule is CC(C)C(O)CCNC(=O)C(c1ccccc1)N1CCN(C)CC1. The first-order chi connectivity index (χ1) is 11.5. The fraction of sp³-hybridized carbons (Fsp3) is 0.632. The normalized spacial score (nSPS) is 19.2. The van der Waals surface area contributed by atoms with E-state index < -0.39 is 0 Å². The van der Waals surface area contributed by atoms with E-state index in [1.165, 1.54) is 0 Å². The lowest BCUT2D eigenvalue weighted by atomic mass is 10.0. The molecule has 0 saturated carbocycles. The summed E-state index contributed by atoms with van der Waals surface area (Å²) in [7, 11) is 2.11. The van der Waals surface area contributed by atoms with Gasteiger partial charge in [-0.15, -0.1) is 0 Å². The number of hydrogen-bond acceptors (Lipinski definition) is 4. The van der Waals surface area contributed by atoms with Crippen molar-refractivity contribution >= 4 is 5.91 Å². The third-order valence-corrected chi connectivity index (χ3v) is 4.78. The second-order valence-corrected chi connectivity index (χ2v) is 7.04. The number of piperazine rings is 1. The topological polar surface area (TPSA) is 55.8 Å². The number of nitrogens with one attached hydrogen (secondary N) is 1. The van der Waals surface area contributed by atoms with Crippen molar-refractivity contribution in [1.82, 2.24) is 15.1 Å². The van der Waals surface area contributed by atoms with Crippen LogP contribution < -0.4 is 5.32 Å². The molecule has 1 aliphatic rings. The van der Waals surface area contributed by atoms with Crippen molar-refractivity contribution in [2.75, 3.05) is 39.8 Å². The molecule has 1 fully saturated rings. The van der Waals surface area contributed by atoms with E-state index in [-0.39, 0.29) is 24.0 Å². The Morgan fingerprint density at radius 3 is 2.38 bits per heavy atom. The summed E-state index contributed by atoms with van der Waals surface area (Å²) in [6.07, 6.45) is 0.220. The molecular formula is C19H31N3O2. The van der Waals surface area contributed by atoms with Gasteiger partial charge in [-0.2, -0.15) is 0 Å². The van der Waals surface area contributed by atoms with Gasteiger partial charge >= 0.3 is 0 Å². The highest BCUT2D eigenvalue weighted by Gasteiger charge is 2.29. The van der Waals surface area contributed by atoms with E-state index in [9.17, 15) is 9.90 Å². The molecule has 1 saturated heterocycles. The molecule has 5 nitrogen and oxygen atoms in total. The van der Waals surface area contributed by atoms with E-state index in [0.717, 1.165) is 31.7 Å². The monoisotopic (exact) mass is 333 g/mol. The van der Waals surface area contributed by atoms with Gasteiger partial charge in [0.25, 0.3) is 0 Å². The average molecular weight is 333 g/mol. The molecule has 0 bridgehead atoms. The number of aliphatic hydroxyl groups excluding tert-OH is 1. The molecule has 1 heterocycles. The van der Waals surface area contributed by atoms with Crippen LogP contribution in [0.4, 0.5) is 0 Å². The van der Waals surface area contributed by atoms with Crippen LogP contribution in [0, 0.1) is 5.92 Å². The second-order valence-electron chi connectivity index (χ2n) is 7.04. The van der Waals surface area contributed by atoms with Crippen molar-refractivity contribution < 1.29 is 9.90 Å². The Labute approximate surface area is 145 Å². The van der Waals surface area contributed by atoms with Gasteiger partial charge in [0.2, 0.25) is 5.91 Å². The minimum atomic E-state index is -0.371. The molecule has 0 spiro atoms. The van der Waals surface area contributed by atoms with E-state index in [1.807, 2.05) is 44.2 Å². The molecule has 2 rings (SSSR count). The molecule has 2 N–H and O–H groups in total. The predicted molar refractivity (Wildman–Crippen MR) is 96.7 cm³/mol. The van der Waals surface area contributed by atoms with Crippen molar-refractivity contribution in [3.63, 3.8) is 0 Å². The fourth-order valence-electron chi connectivity index (χ4n) is 3.02. The Kier molecular flexibility index (Phi) is 7.21. The first-order valence-corrected chi connectivity index (χ1v) is 8.92. The number of amides is 1. The standard InChI is InChI=1S/C19H31N3O2/c1-15(2)17(23)9-10-20-19(24)18(16-7-5-4-6-8-16)22-13-11-21(3)12-14-22/h4-8,15,17-18,23H,9-14H2,1-3H3,(H,20,24). The summed E-state index contributed by atoms with van der Waals surface area (Å²) in [5.74, 6) is 0.242. The second kappa shape index (κ2) is 9.16. The average Bonchev–Trinajstić information content (AvgIpc) is 2.57. The van der Waals surface area contributed by atoms with Gasteiger partial charge in [-0.3, -0.25) is 9.69 Å². The van der Waals surface area contributed by atoms with Crippen LogP contribution in [0.15, 0.2) is 30.3 Å². The summed E-state index contributed by atoms with van der Waals surface area (Å²) < 4.78 is 0. The van der Waals surface area contributed by atoms with Crippen LogP contribution in [-0.4, -0.2) is 66.7 Å². The van der Waals surface area contributed by atoms with Gasteiger partial charge in [-0.05, 0) is 24.9 Å². The number of carbonyl (C=O) groups excluding carboxylic acids is 1. The fourth-order valence-corrected chi connectivity index (χ4v) is 3.02. The highest BCUT2D eigenvalue weighted by atomic mass is 16.3. The van der Waals surface area contributed by atoms with E-state index in [4.69, 9.17) is 0 Å². The molecule has 134 valence electrons. The van der Waals surface area contributed by atoms with E-state index in [1.54, 1.807) is 0 Å². The number of likely N-dealkylation sites (N-methyl/N-ethyl adjacent to an activating group) is 1. The summed E-state index contributed by atoms with van der Waals surface area (Å²) in [4.78, 5) is 17.4. The quantitative estimate of drug-likeness (QED) is 0.794. The molecule has 5 heteroatoms. The van der Waals surface area contributed by atoms with Crippen LogP contribution in [0.1, 0.15) is 31.9 Å². The molecule has 0 aliphatic carbocycles. The van der Waals surface area contributed by atoms with Gasteiger partial charge in [0.1, 0.15) is 6.04 Å². The van der Waals surface area contributed by atoms with Crippen molar-refractivity contribution in [2.24, 2.45) is 5.92 Å². The Morgan fingerprint density at radius 1 is 1.17 bits per heavy atom. The van der Waals surface area contributed by atoms with Gasteiger partial charge < -0.3 is 15.3 Å². The van der Waals surface area contributed by atoms with Crippen molar-refractivity contribution in [3.05, 3.63) is 35.9 Å². The van der Waals surface area contributed by atoms with Crippen LogP contribution in [0.25, 0.3) is 0 Å². The predicted octanol–water partition coefficient (Wildman–Crippen LogP) is 1.50. The zero-order chi connectivity index (χ0) is 17.5. The zero-order valence-corrected chi connectivity index (χ0v) is 15.1. The summed E-state index contributed by atoms with van der Waals surface area (Å²) >= 11 is 0. The van der Waals surface area contributed by atoms with Crippen LogP contribution in [0.5, 0.6) is 0 Å². The van der Waals surface area contributed by atoms with E-state index in [2.05, 4.69) is 22.2 Å². The van der Waals surface area contributed by atoms with E-state index in [0.29, 0.717) is 13.0 Å².